The van der Waals surface area contributed by atoms with Crippen molar-refractivity contribution in [1.29, 1.82) is 0 Å². The third kappa shape index (κ3) is 5.88. The van der Waals surface area contributed by atoms with Gasteiger partial charge in [-0.1, -0.05) is 35.9 Å². The highest BCUT2D eigenvalue weighted by molar-refractivity contribution is 7.89. The van der Waals surface area contributed by atoms with Crippen LogP contribution >= 0.6 is 11.6 Å². The molecule has 3 aromatic carbocycles. The molecule has 3 aromatic rings. The van der Waals surface area contributed by atoms with Gasteiger partial charge in [0.2, 0.25) is 10.0 Å². The smallest absolute Gasteiger partial charge is 0.283 e. The summed E-state index contributed by atoms with van der Waals surface area (Å²) in [4.78, 5) is 22.8. The van der Waals surface area contributed by atoms with Gasteiger partial charge in [-0.15, -0.1) is 0 Å². The molecule has 2 N–H and O–H groups in total. The topological polar surface area (TPSA) is 118 Å². The SMILES string of the molecule is O=C(NCc1cccc(S(=O)(=O)NCc2cccc(F)c2)c1)c1ccc(Cl)cc1[N+](=O)[O-]. The monoisotopic (exact) mass is 477 g/mol. The third-order valence-electron chi connectivity index (χ3n) is 4.42. The lowest BCUT2D eigenvalue weighted by Gasteiger charge is -2.10. The minimum Gasteiger partial charge on any atom is -0.348 e. The van der Waals surface area contributed by atoms with Crippen molar-refractivity contribution in [2.45, 2.75) is 18.0 Å². The molecule has 0 bridgehead atoms. The van der Waals surface area contributed by atoms with Crippen LogP contribution in [-0.2, 0) is 23.1 Å². The molecule has 0 fully saturated rings. The highest BCUT2D eigenvalue weighted by Crippen LogP contribution is 2.23. The highest BCUT2D eigenvalue weighted by atomic mass is 35.5. The lowest BCUT2D eigenvalue weighted by atomic mass is 10.1. The maximum Gasteiger partial charge on any atom is 0.283 e. The first kappa shape index (κ1) is 23.3. The van der Waals surface area contributed by atoms with Gasteiger partial charge in [0.25, 0.3) is 11.6 Å². The molecule has 0 spiro atoms. The van der Waals surface area contributed by atoms with Crippen LogP contribution in [0.1, 0.15) is 21.5 Å². The summed E-state index contributed by atoms with van der Waals surface area (Å²) >= 11 is 5.75. The number of benzene rings is 3. The summed E-state index contributed by atoms with van der Waals surface area (Å²) in [5.41, 5.74) is 0.318. The minimum atomic E-state index is -3.90. The lowest BCUT2D eigenvalue weighted by Crippen LogP contribution is -2.25. The van der Waals surface area contributed by atoms with Crippen molar-refractivity contribution in [1.82, 2.24) is 10.0 Å². The van der Waals surface area contributed by atoms with Crippen molar-refractivity contribution in [3.8, 4) is 0 Å². The number of hydrogen-bond donors (Lipinski definition) is 2. The van der Waals surface area contributed by atoms with E-state index in [1.165, 1.54) is 48.5 Å². The first-order chi connectivity index (χ1) is 15.2. The van der Waals surface area contributed by atoms with Crippen LogP contribution in [0, 0.1) is 15.9 Å². The number of nitro benzene ring substituents is 1. The molecular weight excluding hydrogens is 461 g/mol. The number of nitrogens with one attached hydrogen (secondary N) is 2. The molecule has 0 aliphatic rings. The zero-order valence-electron chi connectivity index (χ0n) is 16.4. The van der Waals surface area contributed by atoms with Gasteiger partial charge in [0.15, 0.2) is 0 Å². The van der Waals surface area contributed by atoms with Gasteiger partial charge >= 0.3 is 0 Å². The van der Waals surface area contributed by atoms with Gasteiger partial charge in [0.1, 0.15) is 11.4 Å². The van der Waals surface area contributed by atoms with Gasteiger partial charge in [0, 0.05) is 24.2 Å². The molecule has 0 radical (unpaired) electrons. The molecule has 11 heteroatoms. The zero-order chi connectivity index (χ0) is 23.3. The normalized spacial score (nSPS) is 11.2. The molecule has 0 aliphatic heterocycles. The van der Waals surface area contributed by atoms with Gasteiger partial charge in [-0.25, -0.2) is 17.5 Å². The number of amides is 1. The average Bonchev–Trinajstić information content (AvgIpc) is 2.76. The lowest BCUT2D eigenvalue weighted by molar-refractivity contribution is -0.385. The average molecular weight is 478 g/mol. The van der Waals surface area contributed by atoms with Crippen LogP contribution in [0.4, 0.5) is 10.1 Å². The molecule has 0 atom stereocenters. The van der Waals surface area contributed by atoms with Gasteiger partial charge in [0.05, 0.1) is 9.82 Å². The Morgan fingerprint density at radius 3 is 2.38 bits per heavy atom. The number of carbonyl (C=O) groups excluding carboxylic acids is 1. The van der Waals surface area contributed by atoms with E-state index in [9.17, 15) is 27.7 Å². The Morgan fingerprint density at radius 1 is 1.00 bits per heavy atom. The number of sulfonamides is 1. The summed E-state index contributed by atoms with van der Waals surface area (Å²) in [6, 6.07) is 15.1. The Bertz CT molecular complexity index is 1280. The quantitative estimate of drug-likeness (QED) is 0.378. The molecule has 0 saturated heterocycles. The summed E-state index contributed by atoms with van der Waals surface area (Å²) < 4.78 is 40.8. The van der Waals surface area contributed by atoms with Gasteiger partial charge < -0.3 is 5.32 Å². The van der Waals surface area contributed by atoms with Crippen LogP contribution in [0.3, 0.4) is 0 Å². The van der Waals surface area contributed by atoms with Crippen LogP contribution in [0.15, 0.2) is 71.6 Å². The molecule has 0 unspecified atom stereocenters. The van der Waals surface area contributed by atoms with Crippen molar-refractivity contribution >= 4 is 33.2 Å². The number of nitrogens with zero attached hydrogens (tertiary/aromatic N) is 1. The Kier molecular flexibility index (Phi) is 7.18. The second kappa shape index (κ2) is 9.86. The van der Waals surface area contributed by atoms with Crippen LogP contribution in [0.2, 0.25) is 5.02 Å². The fourth-order valence-electron chi connectivity index (χ4n) is 2.86. The van der Waals surface area contributed by atoms with Gasteiger partial charge in [-0.3, -0.25) is 14.9 Å². The molecule has 32 heavy (non-hydrogen) atoms. The Hall–Kier alpha value is -3.34. The van der Waals surface area contributed by atoms with E-state index in [1.54, 1.807) is 12.1 Å². The zero-order valence-corrected chi connectivity index (χ0v) is 18.0. The van der Waals surface area contributed by atoms with Crippen molar-refractivity contribution in [2.24, 2.45) is 0 Å². The second-order valence-electron chi connectivity index (χ2n) is 6.70. The van der Waals surface area contributed by atoms with E-state index in [0.29, 0.717) is 11.1 Å². The molecule has 0 saturated carbocycles. The molecule has 8 nitrogen and oxygen atoms in total. The number of rotatable bonds is 8. The van der Waals surface area contributed by atoms with Crippen molar-refractivity contribution in [3.05, 3.63) is 104 Å². The third-order valence-corrected chi connectivity index (χ3v) is 6.05. The Balaban J connectivity index is 1.70. The van der Waals surface area contributed by atoms with E-state index in [4.69, 9.17) is 11.6 Å². The first-order valence-electron chi connectivity index (χ1n) is 9.21. The van der Waals surface area contributed by atoms with Crippen LogP contribution in [0.25, 0.3) is 0 Å². The number of carbonyl (C=O) groups is 1. The molecule has 0 heterocycles. The maximum absolute atomic E-state index is 13.3. The van der Waals surface area contributed by atoms with Crippen molar-refractivity contribution in [3.63, 3.8) is 0 Å². The van der Waals surface area contributed by atoms with Crippen LogP contribution < -0.4 is 10.0 Å². The summed E-state index contributed by atoms with van der Waals surface area (Å²) in [5, 5.41) is 13.8. The van der Waals surface area contributed by atoms with Crippen LogP contribution in [-0.4, -0.2) is 19.2 Å². The fraction of sp³-hybridized carbons (Fsp3) is 0.0952. The van der Waals surface area contributed by atoms with E-state index < -0.39 is 32.4 Å². The van der Waals surface area contributed by atoms with E-state index in [-0.39, 0.29) is 28.6 Å². The number of hydrogen-bond acceptors (Lipinski definition) is 5. The fourth-order valence-corrected chi connectivity index (χ4v) is 4.11. The molecule has 166 valence electrons. The minimum absolute atomic E-state index is 0.0434. The second-order valence-corrected chi connectivity index (χ2v) is 8.91. The predicted molar refractivity (Wildman–Crippen MR) is 116 cm³/mol. The van der Waals surface area contributed by atoms with Crippen LogP contribution in [0.5, 0.6) is 0 Å². The number of nitro groups is 1. The molecular formula is C21H17ClFN3O5S. The summed E-state index contributed by atoms with van der Waals surface area (Å²) in [6.45, 7) is -0.160. The molecule has 0 aliphatic carbocycles. The van der Waals surface area contributed by atoms with Gasteiger partial charge in [-0.05, 0) is 47.5 Å². The van der Waals surface area contributed by atoms with E-state index >= 15 is 0 Å². The Labute approximate surface area is 188 Å². The first-order valence-corrected chi connectivity index (χ1v) is 11.1. The summed E-state index contributed by atoms with van der Waals surface area (Å²) in [5.74, 6) is -1.17. The molecule has 1 amide bonds. The van der Waals surface area contributed by atoms with E-state index in [0.717, 1.165) is 6.07 Å². The molecule has 0 aromatic heterocycles. The predicted octanol–water partition coefficient (Wildman–Crippen LogP) is 3.80. The highest BCUT2D eigenvalue weighted by Gasteiger charge is 2.21. The molecule has 3 rings (SSSR count). The summed E-state index contributed by atoms with van der Waals surface area (Å²) in [7, 11) is -3.90. The van der Waals surface area contributed by atoms with E-state index in [1.807, 2.05) is 0 Å². The van der Waals surface area contributed by atoms with Crippen molar-refractivity contribution < 1.29 is 22.5 Å². The van der Waals surface area contributed by atoms with Crippen molar-refractivity contribution in [2.75, 3.05) is 0 Å². The summed E-state index contributed by atoms with van der Waals surface area (Å²) in [6.07, 6.45) is 0. The largest absolute Gasteiger partial charge is 0.348 e. The standard InChI is InChI=1S/C21H17ClFN3O5S/c22-16-7-8-19(20(11-16)26(28)29)21(27)24-12-15-4-2-6-18(10-15)32(30,31)25-13-14-3-1-5-17(23)9-14/h1-11,25H,12-13H2,(H,24,27). The number of halogens is 2. The Morgan fingerprint density at radius 2 is 1.69 bits per heavy atom. The maximum atomic E-state index is 13.3. The van der Waals surface area contributed by atoms with E-state index in [2.05, 4.69) is 10.0 Å². The van der Waals surface area contributed by atoms with Gasteiger partial charge in [-0.2, -0.15) is 0 Å².